The van der Waals surface area contributed by atoms with Gasteiger partial charge in [0, 0.05) is 32.7 Å². The van der Waals surface area contributed by atoms with Gasteiger partial charge in [0.2, 0.25) is 0 Å². The Morgan fingerprint density at radius 2 is 2.10 bits per heavy atom. The normalized spacial score (nSPS) is 34.9. The summed E-state index contributed by atoms with van der Waals surface area (Å²) in [4.78, 5) is 16.7. The van der Waals surface area contributed by atoms with Crippen LogP contribution in [0.5, 0.6) is 0 Å². The molecule has 2 saturated heterocycles. The molecule has 1 saturated carbocycles. The van der Waals surface area contributed by atoms with Crippen molar-refractivity contribution in [2.45, 2.75) is 56.8 Å². The first-order valence-electron chi connectivity index (χ1n) is 7.87. The van der Waals surface area contributed by atoms with E-state index in [0.29, 0.717) is 25.7 Å². The Morgan fingerprint density at radius 1 is 1.35 bits per heavy atom. The molecule has 2 atom stereocenters. The number of nitrogens with zero attached hydrogens (tertiary/aromatic N) is 2. The van der Waals surface area contributed by atoms with Gasteiger partial charge >= 0.3 is 6.03 Å². The van der Waals surface area contributed by atoms with Crippen molar-refractivity contribution in [3.05, 3.63) is 0 Å². The fourth-order valence-electron chi connectivity index (χ4n) is 3.85. The van der Waals surface area contributed by atoms with E-state index >= 15 is 0 Å². The number of carbonyl (C=O) groups excluding carboxylic acids is 1. The Labute approximate surface area is 121 Å². The molecule has 5 heteroatoms. The van der Waals surface area contributed by atoms with E-state index in [2.05, 4.69) is 6.92 Å². The molecule has 3 fully saturated rings. The molecule has 1 aliphatic carbocycles. The molecule has 2 amide bonds. The average Bonchev–Trinajstić information content (AvgIpc) is 3.08. The summed E-state index contributed by atoms with van der Waals surface area (Å²) in [5.74, 6) is 0. The van der Waals surface area contributed by atoms with Crippen molar-refractivity contribution < 1.29 is 14.3 Å². The van der Waals surface area contributed by atoms with Gasteiger partial charge in [0.15, 0.2) is 0 Å². The Balaban J connectivity index is 1.67. The molecule has 0 aromatic heterocycles. The van der Waals surface area contributed by atoms with Crippen molar-refractivity contribution >= 4 is 6.03 Å². The van der Waals surface area contributed by atoms with Gasteiger partial charge in [-0.3, -0.25) is 0 Å². The molecule has 2 aliphatic heterocycles. The summed E-state index contributed by atoms with van der Waals surface area (Å²) < 4.78 is 11.6. The van der Waals surface area contributed by atoms with Gasteiger partial charge < -0.3 is 19.3 Å². The predicted molar refractivity (Wildman–Crippen MR) is 75.7 cm³/mol. The van der Waals surface area contributed by atoms with Crippen LogP contribution in [0.1, 0.15) is 39.0 Å². The van der Waals surface area contributed by atoms with Crippen LogP contribution >= 0.6 is 0 Å². The van der Waals surface area contributed by atoms with Crippen molar-refractivity contribution in [2.75, 3.05) is 33.4 Å². The molecule has 0 radical (unpaired) electrons. The van der Waals surface area contributed by atoms with E-state index in [1.165, 1.54) is 12.8 Å². The van der Waals surface area contributed by atoms with Crippen molar-refractivity contribution in [1.82, 2.24) is 9.80 Å². The molecule has 0 aromatic carbocycles. The van der Waals surface area contributed by atoms with E-state index < -0.39 is 0 Å². The second-order valence-corrected chi connectivity index (χ2v) is 6.63. The van der Waals surface area contributed by atoms with Crippen LogP contribution in [0.2, 0.25) is 0 Å². The number of hydrogen-bond donors (Lipinski definition) is 0. The lowest BCUT2D eigenvalue weighted by atomic mass is 9.99. The first kappa shape index (κ1) is 14.1. The van der Waals surface area contributed by atoms with Crippen LogP contribution in [0.15, 0.2) is 0 Å². The minimum atomic E-state index is -0.260. The molecule has 0 unspecified atom stereocenters. The summed E-state index contributed by atoms with van der Waals surface area (Å²) in [5, 5.41) is 0. The van der Waals surface area contributed by atoms with E-state index in [-0.39, 0.29) is 17.7 Å². The Kier molecular flexibility index (Phi) is 3.91. The molecule has 114 valence electrons. The first-order valence-corrected chi connectivity index (χ1v) is 7.87. The lowest BCUT2D eigenvalue weighted by Crippen LogP contribution is -2.59. The Bertz CT molecular complexity index is 362. The summed E-state index contributed by atoms with van der Waals surface area (Å²) in [6.07, 6.45) is 5.78. The summed E-state index contributed by atoms with van der Waals surface area (Å²) in [7, 11) is 1.95. The molecular weight excluding hydrogens is 256 g/mol. The summed E-state index contributed by atoms with van der Waals surface area (Å²) in [5.41, 5.74) is -0.260. The van der Waals surface area contributed by atoms with Gasteiger partial charge in [-0.1, -0.05) is 12.8 Å². The second-order valence-electron chi connectivity index (χ2n) is 6.63. The highest BCUT2D eigenvalue weighted by molar-refractivity contribution is 5.74. The molecule has 0 N–H and O–H groups in total. The van der Waals surface area contributed by atoms with Crippen LogP contribution in [0.4, 0.5) is 4.79 Å². The van der Waals surface area contributed by atoms with Crippen LogP contribution in [-0.4, -0.2) is 66.9 Å². The molecule has 5 nitrogen and oxygen atoms in total. The number of morpholine rings is 1. The highest BCUT2D eigenvalue weighted by Crippen LogP contribution is 2.31. The van der Waals surface area contributed by atoms with Crippen molar-refractivity contribution in [2.24, 2.45) is 0 Å². The topological polar surface area (TPSA) is 42.0 Å². The monoisotopic (exact) mass is 282 g/mol. The third-order valence-electron chi connectivity index (χ3n) is 4.92. The zero-order chi connectivity index (χ0) is 14.2. The van der Waals surface area contributed by atoms with Gasteiger partial charge in [-0.2, -0.15) is 0 Å². The lowest BCUT2D eigenvalue weighted by Gasteiger charge is -2.44. The number of ether oxygens (including phenoxy) is 2. The standard InChI is InChI=1S/C15H26N2O3/c1-12-9-17(10-15(20-12)7-8-19-11-15)14(18)16(2)13-5-3-4-6-13/h12-13H,3-11H2,1-2H3/t12-,15+/m1/s1. The largest absolute Gasteiger partial charge is 0.378 e. The van der Waals surface area contributed by atoms with Gasteiger partial charge in [-0.05, 0) is 19.8 Å². The summed E-state index contributed by atoms with van der Waals surface area (Å²) in [6.45, 7) is 4.78. The van der Waals surface area contributed by atoms with E-state index in [1.54, 1.807) is 0 Å². The minimum absolute atomic E-state index is 0.0892. The van der Waals surface area contributed by atoms with Crippen molar-refractivity contribution in [1.29, 1.82) is 0 Å². The number of amides is 2. The molecule has 2 heterocycles. The molecule has 1 spiro atoms. The number of rotatable bonds is 1. The third kappa shape index (κ3) is 2.66. The van der Waals surface area contributed by atoms with E-state index in [1.807, 2.05) is 16.8 Å². The average molecular weight is 282 g/mol. The maximum atomic E-state index is 12.7. The Hall–Kier alpha value is -0.810. The number of carbonyl (C=O) groups is 1. The van der Waals surface area contributed by atoms with E-state index in [9.17, 15) is 4.79 Å². The van der Waals surface area contributed by atoms with Crippen LogP contribution < -0.4 is 0 Å². The van der Waals surface area contributed by atoms with Crippen LogP contribution in [0, 0.1) is 0 Å². The fourth-order valence-corrected chi connectivity index (χ4v) is 3.85. The minimum Gasteiger partial charge on any atom is -0.378 e. The quantitative estimate of drug-likeness (QED) is 0.737. The highest BCUT2D eigenvalue weighted by atomic mass is 16.6. The summed E-state index contributed by atoms with van der Waals surface area (Å²) >= 11 is 0. The van der Waals surface area contributed by atoms with Crippen LogP contribution in [0.3, 0.4) is 0 Å². The molecular formula is C15H26N2O3. The van der Waals surface area contributed by atoms with Gasteiger partial charge in [0.25, 0.3) is 0 Å². The van der Waals surface area contributed by atoms with Gasteiger partial charge in [-0.15, -0.1) is 0 Å². The van der Waals surface area contributed by atoms with Gasteiger partial charge in [0.1, 0.15) is 5.60 Å². The molecule has 0 bridgehead atoms. The molecule has 0 aromatic rings. The Morgan fingerprint density at radius 3 is 2.75 bits per heavy atom. The smallest absolute Gasteiger partial charge is 0.320 e. The molecule has 3 rings (SSSR count). The highest BCUT2D eigenvalue weighted by Gasteiger charge is 2.44. The lowest BCUT2D eigenvalue weighted by molar-refractivity contribution is -0.139. The second kappa shape index (κ2) is 5.53. The SMILES string of the molecule is C[C@@H]1CN(C(=O)N(C)C2CCCC2)C[C@]2(CCOC2)O1. The maximum absolute atomic E-state index is 12.7. The zero-order valence-electron chi connectivity index (χ0n) is 12.6. The number of urea groups is 1. The molecule has 20 heavy (non-hydrogen) atoms. The fraction of sp³-hybridized carbons (Fsp3) is 0.933. The van der Waals surface area contributed by atoms with E-state index in [0.717, 1.165) is 25.9 Å². The first-order chi connectivity index (χ1) is 9.60. The summed E-state index contributed by atoms with van der Waals surface area (Å²) in [6, 6.07) is 0.592. The van der Waals surface area contributed by atoms with Crippen molar-refractivity contribution in [3.8, 4) is 0 Å². The zero-order valence-corrected chi connectivity index (χ0v) is 12.6. The van der Waals surface area contributed by atoms with Crippen LogP contribution in [0.25, 0.3) is 0 Å². The predicted octanol–water partition coefficient (Wildman–Crippen LogP) is 1.86. The number of hydrogen-bond acceptors (Lipinski definition) is 3. The maximum Gasteiger partial charge on any atom is 0.320 e. The van der Waals surface area contributed by atoms with Crippen molar-refractivity contribution in [3.63, 3.8) is 0 Å². The van der Waals surface area contributed by atoms with Crippen LogP contribution in [-0.2, 0) is 9.47 Å². The van der Waals surface area contributed by atoms with Gasteiger partial charge in [0.05, 0.1) is 19.3 Å². The third-order valence-corrected chi connectivity index (χ3v) is 4.92. The van der Waals surface area contributed by atoms with E-state index in [4.69, 9.17) is 9.47 Å². The molecule has 3 aliphatic rings. The van der Waals surface area contributed by atoms with Gasteiger partial charge in [-0.25, -0.2) is 4.79 Å².